The van der Waals surface area contributed by atoms with Crippen molar-refractivity contribution in [3.8, 4) is 0 Å². The third-order valence-electron chi connectivity index (χ3n) is 2.43. The first-order valence-electron chi connectivity index (χ1n) is 5.59. The molecule has 1 aromatic rings. The standard InChI is InChI=1S/C13H16Cl2O/c14-9-4-2-1-3-8-13(16)11-6-5-7-12(15)10-11/h5-7,10H,1-4,8-9H2. The number of benzene rings is 1. The SMILES string of the molecule is O=C(CCCCCCCl)c1cccc(Cl)c1. The summed E-state index contributed by atoms with van der Waals surface area (Å²) in [4.78, 5) is 11.7. The zero-order chi connectivity index (χ0) is 11.8. The zero-order valence-electron chi connectivity index (χ0n) is 9.22. The fourth-order valence-corrected chi connectivity index (χ4v) is 1.92. The molecule has 0 amide bonds. The van der Waals surface area contributed by atoms with Crippen molar-refractivity contribution in [2.45, 2.75) is 32.1 Å². The number of unbranched alkanes of at least 4 members (excludes halogenated alkanes) is 3. The lowest BCUT2D eigenvalue weighted by Gasteiger charge is -2.01. The van der Waals surface area contributed by atoms with E-state index < -0.39 is 0 Å². The molecule has 0 aromatic heterocycles. The van der Waals surface area contributed by atoms with Crippen LogP contribution in [0.3, 0.4) is 0 Å². The molecule has 1 rings (SSSR count). The van der Waals surface area contributed by atoms with Crippen LogP contribution in [0, 0.1) is 0 Å². The van der Waals surface area contributed by atoms with E-state index in [0.29, 0.717) is 22.9 Å². The third kappa shape index (κ3) is 5.00. The molecule has 1 nitrogen and oxygen atoms in total. The van der Waals surface area contributed by atoms with E-state index in [1.54, 1.807) is 12.1 Å². The second kappa shape index (κ2) is 7.70. The molecule has 16 heavy (non-hydrogen) atoms. The van der Waals surface area contributed by atoms with Gasteiger partial charge in [0, 0.05) is 22.9 Å². The fraction of sp³-hybridized carbons (Fsp3) is 0.462. The molecule has 0 aliphatic carbocycles. The van der Waals surface area contributed by atoms with E-state index in [1.165, 1.54) is 0 Å². The fourth-order valence-electron chi connectivity index (χ4n) is 1.54. The Morgan fingerprint density at radius 2 is 1.88 bits per heavy atom. The average molecular weight is 259 g/mol. The van der Waals surface area contributed by atoms with Crippen LogP contribution in [-0.2, 0) is 0 Å². The molecule has 0 atom stereocenters. The van der Waals surface area contributed by atoms with Gasteiger partial charge in [0.2, 0.25) is 0 Å². The summed E-state index contributed by atoms with van der Waals surface area (Å²) in [7, 11) is 0. The minimum atomic E-state index is 0.174. The first-order chi connectivity index (χ1) is 7.74. The van der Waals surface area contributed by atoms with Crippen LogP contribution in [0.2, 0.25) is 5.02 Å². The van der Waals surface area contributed by atoms with Crippen LogP contribution in [0.15, 0.2) is 24.3 Å². The minimum absolute atomic E-state index is 0.174. The van der Waals surface area contributed by atoms with Crippen molar-refractivity contribution >= 4 is 29.0 Å². The summed E-state index contributed by atoms with van der Waals surface area (Å²) in [6.45, 7) is 0. The lowest BCUT2D eigenvalue weighted by molar-refractivity contribution is 0.0979. The van der Waals surface area contributed by atoms with Crippen molar-refractivity contribution in [3.05, 3.63) is 34.9 Å². The molecule has 0 bridgehead atoms. The first kappa shape index (κ1) is 13.5. The van der Waals surface area contributed by atoms with Crippen molar-refractivity contribution < 1.29 is 4.79 Å². The highest BCUT2D eigenvalue weighted by atomic mass is 35.5. The molecule has 0 N–H and O–H groups in total. The summed E-state index contributed by atoms with van der Waals surface area (Å²) in [5.74, 6) is 0.885. The number of halogens is 2. The van der Waals surface area contributed by atoms with Crippen LogP contribution < -0.4 is 0 Å². The van der Waals surface area contributed by atoms with E-state index >= 15 is 0 Å². The quantitative estimate of drug-likeness (QED) is 0.393. The summed E-state index contributed by atoms with van der Waals surface area (Å²) >= 11 is 11.4. The molecule has 88 valence electrons. The van der Waals surface area contributed by atoms with Crippen molar-refractivity contribution in [2.75, 3.05) is 5.88 Å². The van der Waals surface area contributed by atoms with Gasteiger partial charge in [-0.25, -0.2) is 0 Å². The molecule has 0 saturated carbocycles. The highest BCUT2D eigenvalue weighted by molar-refractivity contribution is 6.31. The molecular formula is C13H16Cl2O. The lowest BCUT2D eigenvalue weighted by atomic mass is 10.0. The average Bonchev–Trinajstić information content (AvgIpc) is 2.28. The third-order valence-corrected chi connectivity index (χ3v) is 2.94. The number of carbonyl (C=O) groups is 1. The normalized spacial score (nSPS) is 10.4. The molecule has 0 aliphatic heterocycles. The Balaban J connectivity index is 2.30. The summed E-state index contributed by atoms with van der Waals surface area (Å²) in [6.07, 6.45) is 4.74. The molecule has 0 aliphatic rings. The van der Waals surface area contributed by atoms with Crippen LogP contribution in [0.1, 0.15) is 42.5 Å². The molecule has 0 heterocycles. The number of alkyl halides is 1. The van der Waals surface area contributed by atoms with Gasteiger partial charge in [-0.3, -0.25) is 4.79 Å². The van der Waals surface area contributed by atoms with Crippen molar-refractivity contribution in [1.82, 2.24) is 0 Å². The maximum Gasteiger partial charge on any atom is 0.162 e. The van der Waals surface area contributed by atoms with Gasteiger partial charge in [-0.1, -0.05) is 36.6 Å². The number of ketones is 1. The Labute approximate surface area is 107 Å². The van der Waals surface area contributed by atoms with Crippen LogP contribution >= 0.6 is 23.2 Å². The van der Waals surface area contributed by atoms with E-state index in [-0.39, 0.29) is 5.78 Å². The Morgan fingerprint density at radius 3 is 2.56 bits per heavy atom. The van der Waals surface area contributed by atoms with E-state index in [9.17, 15) is 4.79 Å². The van der Waals surface area contributed by atoms with E-state index in [2.05, 4.69) is 0 Å². The van der Waals surface area contributed by atoms with E-state index in [0.717, 1.165) is 25.7 Å². The zero-order valence-corrected chi connectivity index (χ0v) is 10.7. The molecule has 3 heteroatoms. The number of Topliss-reactive ketones (excluding diaryl/α,β-unsaturated/α-hetero) is 1. The molecule has 0 spiro atoms. The van der Waals surface area contributed by atoms with Crippen LogP contribution in [0.25, 0.3) is 0 Å². The first-order valence-corrected chi connectivity index (χ1v) is 6.50. The molecule has 0 fully saturated rings. The topological polar surface area (TPSA) is 17.1 Å². The van der Waals surface area contributed by atoms with Gasteiger partial charge in [0.1, 0.15) is 0 Å². The Morgan fingerprint density at radius 1 is 1.12 bits per heavy atom. The maximum absolute atomic E-state index is 11.7. The Kier molecular flexibility index (Phi) is 6.51. The highest BCUT2D eigenvalue weighted by Gasteiger charge is 2.05. The minimum Gasteiger partial charge on any atom is -0.294 e. The predicted molar refractivity (Wildman–Crippen MR) is 69.6 cm³/mol. The van der Waals surface area contributed by atoms with Crippen molar-refractivity contribution in [2.24, 2.45) is 0 Å². The van der Waals surface area contributed by atoms with Gasteiger partial charge in [0.15, 0.2) is 5.78 Å². The van der Waals surface area contributed by atoms with Gasteiger partial charge < -0.3 is 0 Å². The van der Waals surface area contributed by atoms with Crippen molar-refractivity contribution in [1.29, 1.82) is 0 Å². The van der Waals surface area contributed by atoms with Gasteiger partial charge >= 0.3 is 0 Å². The lowest BCUT2D eigenvalue weighted by Crippen LogP contribution is -1.98. The number of rotatable bonds is 7. The monoisotopic (exact) mass is 258 g/mol. The number of hydrogen-bond donors (Lipinski definition) is 0. The summed E-state index contributed by atoms with van der Waals surface area (Å²) < 4.78 is 0. The van der Waals surface area contributed by atoms with Crippen molar-refractivity contribution in [3.63, 3.8) is 0 Å². The second-order valence-corrected chi connectivity index (χ2v) is 4.60. The van der Waals surface area contributed by atoms with Gasteiger partial charge in [-0.05, 0) is 25.0 Å². The summed E-state index contributed by atoms with van der Waals surface area (Å²) in [6, 6.07) is 7.12. The molecule has 0 unspecified atom stereocenters. The number of carbonyl (C=O) groups excluding carboxylic acids is 1. The Hall–Kier alpha value is -0.530. The van der Waals surface area contributed by atoms with Crippen LogP contribution in [0.5, 0.6) is 0 Å². The van der Waals surface area contributed by atoms with Gasteiger partial charge in [0.05, 0.1) is 0 Å². The van der Waals surface area contributed by atoms with Gasteiger partial charge in [-0.15, -0.1) is 11.6 Å². The Bertz CT molecular complexity index is 336. The van der Waals surface area contributed by atoms with Gasteiger partial charge in [0.25, 0.3) is 0 Å². The molecule has 0 radical (unpaired) electrons. The molecular weight excluding hydrogens is 243 g/mol. The second-order valence-electron chi connectivity index (χ2n) is 3.79. The maximum atomic E-state index is 11.7. The highest BCUT2D eigenvalue weighted by Crippen LogP contribution is 2.14. The summed E-state index contributed by atoms with van der Waals surface area (Å²) in [5.41, 5.74) is 0.713. The smallest absolute Gasteiger partial charge is 0.162 e. The summed E-state index contributed by atoms with van der Waals surface area (Å²) in [5, 5.41) is 0.619. The van der Waals surface area contributed by atoms with Crippen LogP contribution in [-0.4, -0.2) is 11.7 Å². The van der Waals surface area contributed by atoms with Crippen LogP contribution in [0.4, 0.5) is 0 Å². The largest absolute Gasteiger partial charge is 0.294 e. The van der Waals surface area contributed by atoms with E-state index in [1.807, 2.05) is 12.1 Å². The predicted octanol–water partition coefficient (Wildman–Crippen LogP) is 4.71. The molecule has 1 aromatic carbocycles. The van der Waals surface area contributed by atoms with E-state index in [4.69, 9.17) is 23.2 Å². The van der Waals surface area contributed by atoms with Gasteiger partial charge in [-0.2, -0.15) is 0 Å². The molecule has 0 saturated heterocycles. The number of hydrogen-bond acceptors (Lipinski definition) is 1.